The van der Waals surface area contributed by atoms with Gasteiger partial charge in [0.25, 0.3) is 5.91 Å². The van der Waals surface area contributed by atoms with E-state index in [-0.39, 0.29) is 27.3 Å². The second kappa shape index (κ2) is 7.59. The zero-order valence-corrected chi connectivity index (χ0v) is 16.9. The Kier molecular flexibility index (Phi) is 5.34. The van der Waals surface area contributed by atoms with E-state index in [0.717, 1.165) is 5.01 Å². The maximum Gasteiger partial charge on any atom is 0.279 e. The van der Waals surface area contributed by atoms with Crippen LogP contribution in [0.4, 0.5) is 11.4 Å². The molecular formula is C18H16N6O3S2. The molecule has 0 aliphatic carbocycles. The highest BCUT2D eigenvalue weighted by molar-refractivity contribution is 7.89. The van der Waals surface area contributed by atoms with Gasteiger partial charge in [-0.15, -0.1) is 0 Å². The molecule has 1 amide bonds. The predicted molar refractivity (Wildman–Crippen MR) is 113 cm³/mol. The van der Waals surface area contributed by atoms with Crippen molar-refractivity contribution in [2.24, 2.45) is 16.0 Å². The van der Waals surface area contributed by atoms with Crippen molar-refractivity contribution in [3.63, 3.8) is 0 Å². The maximum atomic E-state index is 12.9. The maximum absolute atomic E-state index is 12.9. The average Bonchev–Trinajstić information content (AvgIpc) is 2.95. The number of benzene rings is 2. The van der Waals surface area contributed by atoms with E-state index in [9.17, 15) is 18.5 Å². The van der Waals surface area contributed by atoms with Crippen LogP contribution in [0.2, 0.25) is 0 Å². The van der Waals surface area contributed by atoms with Gasteiger partial charge in [0, 0.05) is 12.1 Å². The number of nitriles is 1. The molecule has 2 aromatic rings. The van der Waals surface area contributed by atoms with E-state index >= 15 is 0 Å². The summed E-state index contributed by atoms with van der Waals surface area (Å²) < 4.78 is 23.3. The molecule has 1 aliphatic rings. The van der Waals surface area contributed by atoms with Crippen LogP contribution in [0.5, 0.6) is 0 Å². The Labute approximate surface area is 172 Å². The van der Waals surface area contributed by atoms with Crippen LogP contribution in [0.25, 0.3) is 0 Å². The minimum Gasteiger partial charge on any atom is -0.374 e. The van der Waals surface area contributed by atoms with E-state index in [2.05, 4.69) is 5.10 Å². The Balaban J connectivity index is 2.18. The second-order valence-corrected chi connectivity index (χ2v) is 8.01. The summed E-state index contributed by atoms with van der Waals surface area (Å²) in [6.07, 6.45) is 0. The van der Waals surface area contributed by atoms with Gasteiger partial charge in [-0.2, -0.15) is 10.4 Å². The average molecular weight is 428 g/mol. The molecule has 29 heavy (non-hydrogen) atoms. The minimum atomic E-state index is -3.96. The van der Waals surface area contributed by atoms with E-state index in [4.69, 9.17) is 23.1 Å². The van der Waals surface area contributed by atoms with Crippen molar-refractivity contribution in [2.75, 3.05) is 16.5 Å². The molecule has 11 heteroatoms. The zero-order valence-electron chi connectivity index (χ0n) is 15.2. The molecule has 0 spiro atoms. The van der Waals surface area contributed by atoms with Crippen LogP contribution in [0.15, 0.2) is 52.5 Å². The first-order valence-corrected chi connectivity index (χ1v) is 10.3. The highest BCUT2D eigenvalue weighted by atomic mass is 32.2. The standard InChI is InChI=1S/C18H16N6O3S2/c1-2-23-15-7-6-11(10-19)8-14(15)16(17(23)25)22-24(18(20)28)12-4-3-5-13(9-12)29(21,26)27/h3-9H,2H2,1H3,(H2,20,28)(H2,21,26,27)/b22-16-. The number of anilines is 2. The molecule has 0 saturated carbocycles. The first-order chi connectivity index (χ1) is 13.7. The topological polar surface area (TPSA) is 146 Å². The summed E-state index contributed by atoms with van der Waals surface area (Å²) >= 11 is 5.05. The van der Waals surface area contributed by atoms with Crippen LogP contribution in [0.1, 0.15) is 18.1 Å². The molecule has 1 aliphatic heterocycles. The van der Waals surface area contributed by atoms with Crippen molar-refractivity contribution in [2.45, 2.75) is 11.8 Å². The summed E-state index contributed by atoms with van der Waals surface area (Å²) in [6.45, 7) is 2.20. The van der Waals surface area contributed by atoms with Gasteiger partial charge in [-0.05, 0) is 55.5 Å². The molecule has 0 unspecified atom stereocenters. The third-order valence-electron chi connectivity index (χ3n) is 4.23. The highest BCUT2D eigenvalue weighted by Gasteiger charge is 2.34. The van der Waals surface area contributed by atoms with Gasteiger partial charge in [-0.1, -0.05) is 6.07 Å². The van der Waals surface area contributed by atoms with Gasteiger partial charge in [0.2, 0.25) is 10.0 Å². The van der Waals surface area contributed by atoms with Gasteiger partial charge in [0.1, 0.15) is 0 Å². The molecule has 0 fully saturated rings. The van der Waals surface area contributed by atoms with E-state index in [1.165, 1.54) is 29.2 Å². The first-order valence-electron chi connectivity index (χ1n) is 8.34. The minimum absolute atomic E-state index is 0.0350. The van der Waals surface area contributed by atoms with Gasteiger partial charge in [0.05, 0.1) is 27.9 Å². The summed E-state index contributed by atoms with van der Waals surface area (Å²) in [7, 11) is -3.96. The monoisotopic (exact) mass is 428 g/mol. The first kappa shape index (κ1) is 20.4. The van der Waals surface area contributed by atoms with Crippen LogP contribution < -0.4 is 20.8 Å². The number of hydrazone groups is 1. The molecule has 0 atom stereocenters. The number of primary sulfonamides is 1. The summed E-state index contributed by atoms with van der Waals surface area (Å²) in [5.74, 6) is -0.388. The number of carbonyl (C=O) groups is 1. The number of hydrogen-bond donors (Lipinski definition) is 2. The molecule has 1 heterocycles. The number of amides is 1. The number of likely N-dealkylation sites (N-methyl/N-ethyl adjacent to an activating group) is 1. The van der Waals surface area contributed by atoms with Crippen molar-refractivity contribution < 1.29 is 13.2 Å². The molecular weight excluding hydrogens is 412 g/mol. The molecule has 0 bridgehead atoms. The lowest BCUT2D eigenvalue weighted by Gasteiger charge is -2.18. The number of carbonyl (C=O) groups excluding carboxylic acids is 1. The fourth-order valence-electron chi connectivity index (χ4n) is 2.92. The molecule has 0 radical (unpaired) electrons. The lowest BCUT2D eigenvalue weighted by atomic mass is 10.1. The SMILES string of the molecule is CCN1C(=O)/C(=N\N(C(N)=S)c2cccc(S(N)(=O)=O)c2)c2cc(C#N)ccc21. The van der Waals surface area contributed by atoms with Gasteiger partial charge in [-0.25, -0.2) is 18.6 Å². The number of sulfonamides is 1. The smallest absolute Gasteiger partial charge is 0.279 e. The van der Waals surface area contributed by atoms with Gasteiger partial charge >= 0.3 is 0 Å². The van der Waals surface area contributed by atoms with Gasteiger partial charge in [0.15, 0.2) is 10.8 Å². The largest absolute Gasteiger partial charge is 0.374 e. The van der Waals surface area contributed by atoms with Crippen LogP contribution in [0.3, 0.4) is 0 Å². The van der Waals surface area contributed by atoms with Crippen LogP contribution >= 0.6 is 12.2 Å². The molecule has 0 aromatic heterocycles. The third-order valence-corrected chi connectivity index (χ3v) is 5.32. The second-order valence-electron chi connectivity index (χ2n) is 6.03. The molecule has 9 nitrogen and oxygen atoms in total. The summed E-state index contributed by atoms with van der Waals surface area (Å²) in [5.41, 5.74) is 7.47. The molecule has 0 saturated heterocycles. The molecule has 148 valence electrons. The third kappa shape index (κ3) is 3.81. The van der Waals surface area contributed by atoms with E-state index in [1.807, 2.05) is 13.0 Å². The Morgan fingerprint density at radius 1 is 1.31 bits per heavy atom. The van der Waals surface area contributed by atoms with E-state index < -0.39 is 10.0 Å². The summed E-state index contributed by atoms with van der Waals surface area (Å²) in [5, 5.41) is 19.6. The summed E-state index contributed by atoms with van der Waals surface area (Å²) in [6, 6.07) is 12.4. The van der Waals surface area contributed by atoms with Crippen LogP contribution in [-0.2, 0) is 14.8 Å². The van der Waals surface area contributed by atoms with Crippen molar-refractivity contribution in [3.05, 3.63) is 53.6 Å². The normalized spacial score (nSPS) is 14.6. The Bertz CT molecular complexity index is 1200. The number of rotatable bonds is 4. The van der Waals surface area contributed by atoms with Crippen LogP contribution in [-0.4, -0.2) is 31.7 Å². The van der Waals surface area contributed by atoms with Crippen molar-refractivity contribution in [1.29, 1.82) is 5.26 Å². The molecule has 4 N–H and O–H groups in total. The quantitative estimate of drug-likeness (QED) is 0.546. The Morgan fingerprint density at radius 2 is 2.03 bits per heavy atom. The van der Waals surface area contributed by atoms with Crippen molar-refractivity contribution in [1.82, 2.24) is 0 Å². The van der Waals surface area contributed by atoms with Gasteiger partial charge < -0.3 is 10.6 Å². The highest BCUT2D eigenvalue weighted by Crippen LogP contribution is 2.31. The van der Waals surface area contributed by atoms with E-state index in [0.29, 0.717) is 23.4 Å². The Hall–Kier alpha value is -3.33. The number of nitrogens with zero attached hydrogens (tertiary/aromatic N) is 4. The molecule has 2 aromatic carbocycles. The Morgan fingerprint density at radius 3 is 2.62 bits per heavy atom. The van der Waals surface area contributed by atoms with Crippen molar-refractivity contribution >= 4 is 50.3 Å². The lowest BCUT2D eigenvalue weighted by Crippen LogP contribution is -2.35. The number of thiocarbonyl (C=S) groups is 1. The zero-order chi connectivity index (χ0) is 21.3. The van der Waals surface area contributed by atoms with Gasteiger partial charge in [-0.3, -0.25) is 4.79 Å². The number of fused-ring (bicyclic) bond motifs is 1. The molecule has 3 rings (SSSR count). The number of hydrogen-bond acceptors (Lipinski definition) is 6. The predicted octanol–water partition coefficient (Wildman–Crippen LogP) is 1.03. The number of nitrogens with two attached hydrogens (primary N) is 2. The van der Waals surface area contributed by atoms with Crippen LogP contribution in [0, 0.1) is 11.3 Å². The summed E-state index contributed by atoms with van der Waals surface area (Å²) in [4.78, 5) is 14.2. The van der Waals surface area contributed by atoms with E-state index in [1.54, 1.807) is 18.2 Å². The van der Waals surface area contributed by atoms with Crippen molar-refractivity contribution in [3.8, 4) is 6.07 Å². The fourth-order valence-corrected chi connectivity index (χ4v) is 3.62. The lowest BCUT2D eigenvalue weighted by molar-refractivity contribution is -0.112. The fraction of sp³-hybridized carbons (Fsp3) is 0.111.